The lowest BCUT2D eigenvalue weighted by Crippen LogP contribution is -2.15. The zero-order valence-electron chi connectivity index (χ0n) is 14.2. The van der Waals surface area contributed by atoms with E-state index in [9.17, 15) is 18.0 Å². The topological polar surface area (TPSA) is 69.0 Å². The van der Waals surface area contributed by atoms with Crippen molar-refractivity contribution in [3.05, 3.63) is 65.7 Å². The molecule has 0 saturated carbocycles. The fraction of sp³-hybridized carbons (Fsp3) is 0.167. The smallest absolute Gasteiger partial charge is 0.387 e. The number of rotatable bonds is 6. The first-order valence-electron chi connectivity index (χ1n) is 8.04. The van der Waals surface area contributed by atoms with Crippen molar-refractivity contribution in [3.63, 3.8) is 0 Å². The minimum Gasteiger partial charge on any atom is -0.435 e. The summed E-state index contributed by atoms with van der Waals surface area (Å²) in [6.45, 7) is -1.09. The van der Waals surface area contributed by atoms with Crippen LogP contribution >= 0.6 is 0 Å². The van der Waals surface area contributed by atoms with Gasteiger partial charge in [0, 0.05) is 5.69 Å². The number of benzene rings is 2. The Kier molecular flexibility index (Phi) is 5.39. The van der Waals surface area contributed by atoms with Gasteiger partial charge in [0.2, 0.25) is 0 Å². The van der Waals surface area contributed by atoms with Gasteiger partial charge in [0.15, 0.2) is 5.69 Å². The SMILES string of the molecule is CCc1c(C(=O)Nc2cccc(F)c2)nnn1-c1ccc(OC(F)F)cc1. The molecule has 0 aliphatic rings. The van der Waals surface area contributed by atoms with E-state index >= 15 is 0 Å². The van der Waals surface area contributed by atoms with E-state index in [2.05, 4.69) is 20.4 Å². The van der Waals surface area contributed by atoms with Gasteiger partial charge in [-0.2, -0.15) is 8.78 Å². The maximum atomic E-state index is 13.3. The highest BCUT2D eigenvalue weighted by molar-refractivity contribution is 6.03. The maximum absolute atomic E-state index is 13.3. The molecule has 0 spiro atoms. The normalized spacial score (nSPS) is 10.9. The molecule has 0 radical (unpaired) electrons. The summed E-state index contributed by atoms with van der Waals surface area (Å²) in [6, 6.07) is 11.3. The van der Waals surface area contributed by atoms with Crippen LogP contribution in [0.4, 0.5) is 18.9 Å². The van der Waals surface area contributed by atoms with Gasteiger partial charge in [-0.3, -0.25) is 4.79 Å². The Bertz CT molecular complexity index is 942. The molecule has 140 valence electrons. The van der Waals surface area contributed by atoms with Gasteiger partial charge in [-0.25, -0.2) is 9.07 Å². The molecule has 0 unspecified atom stereocenters. The van der Waals surface area contributed by atoms with Crippen LogP contribution in [-0.2, 0) is 6.42 Å². The first-order valence-corrected chi connectivity index (χ1v) is 8.04. The lowest BCUT2D eigenvalue weighted by atomic mass is 10.2. The van der Waals surface area contributed by atoms with Crippen molar-refractivity contribution in [2.75, 3.05) is 5.32 Å². The van der Waals surface area contributed by atoms with Crippen LogP contribution in [0.2, 0.25) is 0 Å². The summed E-state index contributed by atoms with van der Waals surface area (Å²) in [4.78, 5) is 12.5. The number of hydrogen-bond donors (Lipinski definition) is 1. The number of hydrogen-bond acceptors (Lipinski definition) is 4. The van der Waals surface area contributed by atoms with Gasteiger partial charge in [0.25, 0.3) is 5.91 Å². The summed E-state index contributed by atoms with van der Waals surface area (Å²) >= 11 is 0. The number of amides is 1. The maximum Gasteiger partial charge on any atom is 0.387 e. The van der Waals surface area contributed by atoms with Gasteiger partial charge < -0.3 is 10.1 Å². The summed E-state index contributed by atoms with van der Waals surface area (Å²) in [5, 5.41) is 10.5. The van der Waals surface area contributed by atoms with Crippen LogP contribution in [0.3, 0.4) is 0 Å². The van der Waals surface area contributed by atoms with Gasteiger partial charge >= 0.3 is 6.61 Å². The van der Waals surface area contributed by atoms with Gasteiger partial charge in [-0.1, -0.05) is 18.2 Å². The number of alkyl halides is 2. The average molecular weight is 376 g/mol. The van der Waals surface area contributed by atoms with E-state index in [4.69, 9.17) is 0 Å². The average Bonchev–Trinajstić information content (AvgIpc) is 3.06. The lowest BCUT2D eigenvalue weighted by Gasteiger charge is -2.08. The molecule has 1 heterocycles. The second-order valence-electron chi connectivity index (χ2n) is 5.49. The molecule has 3 aromatic rings. The van der Waals surface area contributed by atoms with Crippen LogP contribution in [-0.4, -0.2) is 27.5 Å². The fourth-order valence-corrected chi connectivity index (χ4v) is 2.53. The summed E-state index contributed by atoms with van der Waals surface area (Å²) in [5.41, 5.74) is 1.44. The number of aromatic nitrogens is 3. The molecule has 9 heteroatoms. The molecule has 6 nitrogen and oxygen atoms in total. The Hall–Kier alpha value is -3.36. The zero-order valence-corrected chi connectivity index (χ0v) is 14.2. The van der Waals surface area contributed by atoms with Crippen molar-refractivity contribution < 1.29 is 22.7 Å². The third-order valence-electron chi connectivity index (χ3n) is 3.70. The third-order valence-corrected chi connectivity index (χ3v) is 3.70. The second kappa shape index (κ2) is 7.90. The Morgan fingerprint density at radius 2 is 1.96 bits per heavy atom. The first kappa shape index (κ1) is 18.4. The van der Waals surface area contributed by atoms with Crippen LogP contribution in [0.5, 0.6) is 5.75 Å². The van der Waals surface area contributed by atoms with Crippen molar-refractivity contribution in [2.24, 2.45) is 0 Å². The summed E-state index contributed by atoms with van der Waals surface area (Å²) in [7, 11) is 0. The molecule has 0 atom stereocenters. The fourth-order valence-electron chi connectivity index (χ4n) is 2.53. The second-order valence-corrected chi connectivity index (χ2v) is 5.49. The van der Waals surface area contributed by atoms with Crippen molar-refractivity contribution in [1.29, 1.82) is 0 Å². The van der Waals surface area contributed by atoms with E-state index in [0.29, 0.717) is 23.5 Å². The Balaban J connectivity index is 1.85. The number of nitrogens with zero attached hydrogens (tertiary/aromatic N) is 3. The van der Waals surface area contributed by atoms with Gasteiger partial charge in [0.1, 0.15) is 11.6 Å². The largest absolute Gasteiger partial charge is 0.435 e. The van der Waals surface area contributed by atoms with Gasteiger partial charge in [0.05, 0.1) is 11.4 Å². The standard InChI is InChI=1S/C18H15F3N4O2/c1-2-15-16(17(26)22-12-5-3-4-11(19)10-12)23-24-25(15)13-6-8-14(9-7-13)27-18(20)21/h3-10,18H,2H2,1H3,(H,22,26). The molecule has 0 fully saturated rings. The predicted molar refractivity (Wildman–Crippen MR) is 91.7 cm³/mol. The molecule has 1 N–H and O–H groups in total. The Labute approximate surface area is 152 Å². The summed E-state index contributed by atoms with van der Waals surface area (Å²) in [5.74, 6) is -0.990. The molecular weight excluding hydrogens is 361 g/mol. The third kappa shape index (κ3) is 4.25. The number of carbonyl (C=O) groups excluding carboxylic acids is 1. The lowest BCUT2D eigenvalue weighted by molar-refractivity contribution is -0.0498. The highest BCUT2D eigenvalue weighted by atomic mass is 19.3. The molecule has 3 rings (SSSR count). The number of anilines is 1. The van der Waals surface area contributed by atoms with Crippen LogP contribution < -0.4 is 10.1 Å². The number of ether oxygens (including phenoxy) is 1. The van der Waals surface area contributed by atoms with E-state index in [-0.39, 0.29) is 11.4 Å². The highest BCUT2D eigenvalue weighted by Gasteiger charge is 2.20. The summed E-state index contributed by atoms with van der Waals surface area (Å²) < 4.78 is 43.5. The van der Waals surface area contributed by atoms with Gasteiger partial charge in [-0.05, 0) is 48.9 Å². The van der Waals surface area contributed by atoms with Crippen LogP contribution in [0.1, 0.15) is 23.1 Å². The quantitative estimate of drug-likeness (QED) is 0.710. The molecule has 1 amide bonds. The van der Waals surface area contributed by atoms with Crippen LogP contribution in [0.15, 0.2) is 48.5 Å². The molecule has 1 aromatic heterocycles. The summed E-state index contributed by atoms with van der Waals surface area (Å²) in [6.07, 6.45) is 0.439. The minimum absolute atomic E-state index is 0.0102. The van der Waals surface area contributed by atoms with E-state index in [1.807, 2.05) is 6.92 Å². The number of nitrogens with one attached hydrogen (secondary N) is 1. The Morgan fingerprint density at radius 3 is 2.59 bits per heavy atom. The predicted octanol–water partition coefficient (Wildman–Crippen LogP) is 3.82. The van der Waals surface area contributed by atoms with Crippen molar-refractivity contribution in [3.8, 4) is 11.4 Å². The van der Waals surface area contributed by atoms with Crippen molar-refractivity contribution in [2.45, 2.75) is 20.0 Å². The Morgan fingerprint density at radius 1 is 1.22 bits per heavy atom. The molecule has 0 aliphatic heterocycles. The van der Waals surface area contributed by atoms with Crippen LogP contribution in [0.25, 0.3) is 5.69 Å². The molecule has 0 aliphatic carbocycles. The molecule has 0 saturated heterocycles. The monoisotopic (exact) mass is 376 g/mol. The molecular formula is C18H15F3N4O2. The highest BCUT2D eigenvalue weighted by Crippen LogP contribution is 2.20. The van der Waals surface area contributed by atoms with Crippen molar-refractivity contribution in [1.82, 2.24) is 15.0 Å². The van der Waals surface area contributed by atoms with E-state index < -0.39 is 18.3 Å². The van der Waals surface area contributed by atoms with E-state index in [0.717, 1.165) is 0 Å². The molecule has 27 heavy (non-hydrogen) atoms. The van der Waals surface area contributed by atoms with Crippen LogP contribution in [0, 0.1) is 5.82 Å². The van der Waals surface area contributed by atoms with Crippen molar-refractivity contribution >= 4 is 11.6 Å². The number of halogens is 3. The minimum atomic E-state index is -2.91. The van der Waals surface area contributed by atoms with E-state index in [1.165, 1.54) is 47.1 Å². The first-order chi connectivity index (χ1) is 13.0. The van der Waals surface area contributed by atoms with E-state index in [1.54, 1.807) is 6.07 Å². The van der Waals surface area contributed by atoms with Gasteiger partial charge in [-0.15, -0.1) is 5.10 Å². The number of carbonyl (C=O) groups is 1. The molecule has 0 bridgehead atoms. The zero-order chi connectivity index (χ0) is 19.4. The molecule has 2 aromatic carbocycles.